The summed E-state index contributed by atoms with van der Waals surface area (Å²) in [5.74, 6) is -1.39. The van der Waals surface area contributed by atoms with Crippen molar-refractivity contribution in [3.05, 3.63) is 69.4 Å². The minimum absolute atomic E-state index is 0.0110. The number of hydrazine groups is 1. The lowest BCUT2D eigenvalue weighted by Gasteiger charge is -2.42. The maximum Gasteiger partial charge on any atom is 0.409 e. The van der Waals surface area contributed by atoms with E-state index in [9.17, 15) is 18.0 Å². The summed E-state index contributed by atoms with van der Waals surface area (Å²) in [5.41, 5.74) is 4.45. The van der Waals surface area contributed by atoms with E-state index in [0.717, 1.165) is 17.2 Å². The first-order chi connectivity index (χ1) is 15.8. The van der Waals surface area contributed by atoms with Crippen molar-refractivity contribution in [2.24, 2.45) is 10.7 Å². The van der Waals surface area contributed by atoms with Crippen molar-refractivity contribution in [3.63, 3.8) is 0 Å². The molecule has 2 aliphatic rings. The number of alkyl halides is 3. The minimum Gasteiger partial charge on any atom is -0.386 e. The number of fused-ring (bicyclic) bond motifs is 1. The van der Waals surface area contributed by atoms with Crippen molar-refractivity contribution in [1.82, 2.24) is 15.0 Å². The molecule has 4 rings (SSSR count). The lowest BCUT2D eigenvalue weighted by atomic mass is 9.86. The van der Waals surface area contributed by atoms with Gasteiger partial charge in [0.15, 0.2) is 0 Å². The van der Waals surface area contributed by atoms with Gasteiger partial charge in [-0.2, -0.15) is 13.2 Å². The first-order valence-corrected chi connectivity index (χ1v) is 10.6. The highest BCUT2D eigenvalue weighted by atomic mass is 35.5. The largest absolute Gasteiger partial charge is 0.409 e. The number of nitrogens with zero attached hydrogens (tertiary/aromatic N) is 4. The van der Waals surface area contributed by atoms with Crippen LogP contribution in [0, 0.1) is 5.82 Å². The average Bonchev–Trinajstić information content (AvgIpc) is 3.06. The summed E-state index contributed by atoms with van der Waals surface area (Å²) in [6.07, 6.45) is -2.32. The number of pyridine rings is 1. The van der Waals surface area contributed by atoms with Crippen molar-refractivity contribution in [2.75, 3.05) is 18.9 Å². The van der Waals surface area contributed by atoms with Crippen LogP contribution >= 0.6 is 23.2 Å². The molecule has 1 amide bonds. The quantitative estimate of drug-likeness (QED) is 0.592. The summed E-state index contributed by atoms with van der Waals surface area (Å²) >= 11 is 11.8. The predicted octanol–water partition coefficient (Wildman–Crippen LogP) is 4.34. The van der Waals surface area contributed by atoms with Crippen LogP contribution in [0.4, 0.5) is 23.2 Å². The molecule has 0 saturated carbocycles. The second-order valence-electron chi connectivity index (χ2n) is 7.98. The van der Waals surface area contributed by atoms with Crippen LogP contribution in [0.2, 0.25) is 10.0 Å². The van der Waals surface area contributed by atoms with Crippen molar-refractivity contribution >= 4 is 40.6 Å². The van der Waals surface area contributed by atoms with E-state index in [1.54, 1.807) is 0 Å². The third-order valence-corrected chi connectivity index (χ3v) is 6.16. The van der Waals surface area contributed by atoms with E-state index in [2.05, 4.69) is 15.3 Å². The topological polar surface area (TPSA) is 86.9 Å². The van der Waals surface area contributed by atoms with Crippen molar-refractivity contribution in [2.45, 2.75) is 24.7 Å². The van der Waals surface area contributed by atoms with Crippen LogP contribution in [-0.4, -0.2) is 52.6 Å². The highest BCUT2D eigenvalue weighted by Gasteiger charge is 2.53. The van der Waals surface area contributed by atoms with Crippen LogP contribution in [0.3, 0.4) is 0 Å². The number of carbonyl (C=O) groups excluding carboxylic acids is 1. The zero-order chi connectivity index (χ0) is 25.0. The molecular weight excluding hydrogens is 499 g/mol. The number of benzene rings is 1. The first-order valence-electron chi connectivity index (χ1n) is 9.87. The van der Waals surface area contributed by atoms with Crippen LogP contribution in [0.5, 0.6) is 0 Å². The molecule has 0 radical (unpaired) electrons. The van der Waals surface area contributed by atoms with Gasteiger partial charge in [-0.3, -0.25) is 14.8 Å². The molecule has 0 aliphatic carbocycles. The molecule has 34 heavy (non-hydrogen) atoms. The van der Waals surface area contributed by atoms with E-state index in [1.807, 2.05) is 0 Å². The maximum absolute atomic E-state index is 15.0. The number of anilines is 1. The van der Waals surface area contributed by atoms with Gasteiger partial charge in [-0.15, -0.1) is 0 Å². The van der Waals surface area contributed by atoms with Crippen molar-refractivity contribution in [1.29, 1.82) is 0 Å². The Morgan fingerprint density at radius 3 is 2.65 bits per heavy atom. The molecule has 0 bridgehead atoms. The van der Waals surface area contributed by atoms with Gasteiger partial charge in [0.1, 0.15) is 28.9 Å². The molecule has 0 spiro atoms. The van der Waals surface area contributed by atoms with Gasteiger partial charge in [-0.05, 0) is 37.3 Å². The molecule has 0 saturated heterocycles. The van der Waals surface area contributed by atoms with E-state index in [0.29, 0.717) is 0 Å². The van der Waals surface area contributed by atoms with Gasteiger partial charge in [0.2, 0.25) is 0 Å². The minimum atomic E-state index is -4.56. The smallest absolute Gasteiger partial charge is 0.386 e. The van der Waals surface area contributed by atoms with Gasteiger partial charge in [0.05, 0.1) is 22.3 Å². The number of nitrogens with one attached hydrogen (secondary N) is 1. The highest BCUT2D eigenvalue weighted by Crippen LogP contribution is 2.45. The molecule has 2 unspecified atom stereocenters. The van der Waals surface area contributed by atoms with Gasteiger partial charge >= 0.3 is 6.18 Å². The van der Waals surface area contributed by atoms with Gasteiger partial charge in [-0.25, -0.2) is 14.4 Å². The van der Waals surface area contributed by atoms with Crippen LogP contribution in [0.25, 0.3) is 0 Å². The van der Waals surface area contributed by atoms with Gasteiger partial charge < -0.3 is 11.1 Å². The number of hydrogen-bond acceptors (Lipinski definition) is 6. The zero-order valence-electron chi connectivity index (χ0n) is 17.8. The summed E-state index contributed by atoms with van der Waals surface area (Å²) in [4.78, 5) is 20.9. The Kier molecular flexibility index (Phi) is 5.99. The highest BCUT2D eigenvalue weighted by molar-refractivity contribution is 6.36. The van der Waals surface area contributed by atoms with E-state index < -0.39 is 29.5 Å². The SMILES string of the molecule is CN1C(C(F)(F)F)C=C2N1CC(N)=NC2(C)c1cc(NC(=O)c2ncc(Cl)cc2Cl)ccc1F. The number of aliphatic imine (C=N–C) groups is 1. The third-order valence-electron chi connectivity index (χ3n) is 5.66. The molecule has 3 N–H and O–H groups in total. The summed E-state index contributed by atoms with van der Waals surface area (Å²) in [6, 6.07) is 3.09. The van der Waals surface area contributed by atoms with Crippen LogP contribution < -0.4 is 11.1 Å². The Morgan fingerprint density at radius 1 is 1.29 bits per heavy atom. The molecule has 2 atom stereocenters. The molecule has 1 aromatic carbocycles. The molecule has 1 aromatic heterocycles. The van der Waals surface area contributed by atoms with Gasteiger partial charge in [0.25, 0.3) is 5.91 Å². The zero-order valence-corrected chi connectivity index (χ0v) is 19.3. The summed E-state index contributed by atoms with van der Waals surface area (Å²) < 4.78 is 55.8. The van der Waals surface area contributed by atoms with Crippen molar-refractivity contribution < 1.29 is 22.4 Å². The van der Waals surface area contributed by atoms with E-state index in [4.69, 9.17) is 28.9 Å². The maximum atomic E-state index is 15.0. The summed E-state index contributed by atoms with van der Waals surface area (Å²) in [6.45, 7) is 1.38. The molecule has 0 fully saturated rings. The molecule has 7 nitrogen and oxygen atoms in total. The number of amides is 1. The Bertz CT molecular complexity index is 1230. The fourth-order valence-electron chi connectivity index (χ4n) is 4.06. The van der Waals surface area contributed by atoms with Gasteiger partial charge in [-0.1, -0.05) is 23.2 Å². The fourth-order valence-corrected chi connectivity index (χ4v) is 4.53. The van der Waals surface area contributed by atoms with E-state index in [-0.39, 0.29) is 45.1 Å². The van der Waals surface area contributed by atoms with Crippen LogP contribution in [0.1, 0.15) is 23.0 Å². The number of nitrogens with two attached hydrogens (primary N) is 1. The second-order valence-corrected chi connectivity index (χ2v) is 8.82. The molecule has 2 aromatic rings. The van der Waals surface area contributed by atoms with E-state index in [1.165, 1.54) is 43.4 Å². The molecule has 3 heterocycles. The molecule has 2 aliphatic heterocycles. The first kappa shape index (κ1) is 24.2. The number of hydrogen-bond donors (Lipinski definition) is 2. The lowest BCUT2D eigenvalue weighted by molar-refractivity contribution is -0.186. The second kappa shape index (κ2) is 8.40. The van der Waals surface area contributed by atoms with Crippen LogP contribution in [0.15, 0.2) is 47.2 Å². The lowest BCUT2D eigenvalue weighted by Crippen LogP contribution is -2.53. The van der Waals surface area contributed by atoms with Crippen molar-refractivity contribution in [3.8, 4) is 0 Å². The molecular formula is C21H18Cl2F4N6O. The Balaban J connectivity index is 1.74. The summed E-state index contributed by atoms with van der Waals surface area (Å²) in [7, 11) is 1.27. The number of carbonyl (C=O) groups is 1. The molecule has 13 heteroatoms. The normalized spacial score (nSPS) is 22.8. The monoisotopic (exact) mass is 516 g/mol. The van der Waals surface area contributed by atoms with E-state index >= 15 is 4.39 Å². The standard InChI is InChI=1S/C21H18Cl2F4N6O/c1-20(15-7-16(21(25,26)27)32(2)33(15)9-17(28)31-20)12-6-11(3-4-14(12)24)30-19(34)18-13(23)5-10(22)8-29-18/h3-8,16H,9H2,1-2H3,(H2,28,31)(H,30,34). The number of likely N-dealkylation sites (N-methyl/N-ethyl adjacent to an activating group) is 1. The van der Waals surface area contributed by atoms with Crippen LogP contribution in [-0.2, 0) is 5.54 Å². The number of rotatable bonds is 3. The summed E-state index contributed by atoms with van der Waals surface area (Å²) in [5, 5.41) is 5.12. The fraction of sp³-hybridized carbons (Fsp3) is 0.286. The Labute approximate surface area is 201 Å². The number of halogens is 6. The number of amidine groups is 1. The molecule has 180 valence electrons. The average molecular weight is 517 g/mol. The Hall–Kier alpha value is -2.89. The van der Waals surface area contributed by atoms with Gasteiger partial charge in [0, 0.05) is 24.5 Å². The predicted molar refractivity (Wildman–Crippen MR) is 120 cm³/mol. The number of aromatic nitrogens is 1. The third kappa shape index (κ3) is 4.19. The Morgan fingerprint density at radius 2 is 2.00 bits per heavy atom.